The van der Waals surface area contributed by atoms with E-state index in [0.717, 1.165) is 25.7 Å². The van der Waals surface area contributed by atoms with Gasteiger partial charge in [0.1, 0.15) is 11.3 Å². The maximum absolute atomic E-state index is 15.1. The van der Waals surface area contributed by atoms with Gasteiger partial charge in [-0.1, -0.05) is 6.42 Å². The van der Waals surface area contributed by atoms with Crippen molar-refractivity contribution in [3.63, 3.8) is 0 Å². The summed E-state index contributed by atoms with van der Waals surface area (Å²) in [6, 6.07) is 1.33. The molecule has 1 saturated carbocycles. The predicted octanol–water partition coefficient (Wildman–Crippen LogP) is 2.33. The van der Waals surface area contributed by atoms with Crippen molar-refractivity contribution < 1.29 is 28.6 Å². The Balaban J connectivity index is 1.27. The largest absolute Gasteiger partial charge is 0.493 e. The smallest absolute Gasteiger partial charge is 0.407 e. The number of methoxy groups -OCH3 is 2. The van der Waals surface area contributed by atoms with E-state index in [1.165, 1.54) is 19.1 Å². The summed E-state index contributed by atoms with van der Waals surface area (Å²) >= 11 is 0. The first-order valence-electron chi connectivity index (χ1n) is 12.2. The zero-order chi connectivity index (χ0) is 25.6. The number of nitrogens with two attached hydrogens (primary N) is 1. The van der Waals surface area contributed by atoms with Crippen molar-refractivity contribution in [1.29, 1.82) is 0 Å². The fraction of sp³-hybridized carbons (Fsp3) is 0.583. The van der Waals surface area contributed by atoms with Crippen molar-refractivity contribution in [3.05, 3.63) is 11.9 Å². The Labute approximate surface area is 208 Å². The molecule has 11 nitrogen and oxygen atoms in total. The van der Waals surface area contributed by atoms with Gasteiger partial charge in [0.2, 0.25) is 11.9 Å². The van der Waals surface area contributed by atoms with E-state index >= 15 is 4.39 Å². The number of halogens is 1. The Bertz CT molecular complexity index is 1190. The number of nitrogen functional groups attached to an aromatic ring is 1. The van der Waals surface area contributed by atoms with Crippen LogP contribution in [-0.2, 0) is 4.79 Å². The first-order chi connectivity index (χ1) is 17.3. The number of carbonyl (C=O) groups is 2. The number of nitrogens with zero attached hydrogens (tertiary/aromatic N) is 5. The minimum Gasteiger partial charge on any atom is -0.493 e. The van der Waals surface area contributed by atoms with E-state index in [-0.39, 0.29) is 53.2 Å². The number of hydrogen-bond donors (Lipinski definition) is 2. The number of amides is 2. The summed E-state index contributed by atoms with van der Waals surface area (Å²) in [7, 11) is 2.76. The molecule has 3 fully saturated rings. The molecule has 3 aliphatic rings. The molecule has 3 atom stereocenters. The second-order valence-electron chi connectivity index (χ2n) is 9.64. The number of ether oxygens (including phenoxy) is 2. The lowest BCUT2D eigenvalue weighted by atomic mass is 10.0. The molecule has 36 heavy (non-hydrogen) atoms. The summed E-state index contributed by atoms with van der Waals surface area (Å²) < 4.78 is 25.4. The Hall–Kier alpha value is -3.57. The third kappa shape index (κ3) is 4.07. The van der Waals surface area contributed by atoms with Crippen molar-refractivity contribution in [2.45, 2.75) is 44.2 Å². The highest BCUT2D eigenvalue weighted by atomic mass is 19.1. The number of hydrogen-bond acceptors (Lipinski definition) is 8. The summed E-state index contributed by atoms with van der Waals surface area (Å²) in [5.74, 6) is 0.173. The molecule has 1 aromatic heterocycles. The fourth-order valence-electron chi connectivity index (χ4n) is 6.04. The standard InChI is InChI=1S/C24H31FN6O5/c1-35-17-12-15-20(19(25)21(17)36-2)27-23(28-22(15)26)30-8-6-29(7-9-30)18(32)11-14-10-13-4-3-5-16(13)31(14)24(33)34/h12-14,16H,3-11H2,1-2H3,(H,33,34)(H2,26,27,28)/t13-,14-,16-/m0/s1. The average Bonchev–Trinajstić information content (AvgIpc) is 3.45. The number of anilines is 2. The Kier molecular flexibility index (Phi) is 6.35. The molecule has 0 radical (unpaired) electrons. The van der Waals surface area contributed by atoms with E-state index in [1.807, 2.05) is 4.90 Å². The third-order valence-electron chi connectivity index (χ3n) is 7.78. The number of likely N-dealkylation sites (tertiary alicyclic amines) is 1. The van der Waals surface area contributed by atoms with Crippen molar-refractivity contribution in [2.75, 3.05) is 51.0 Å². The molecular weight excluding hydrogens is 471 g/mol. The molecule has 0 unspecified atom stereocenters. The number of rotatable bonds is 5. The lowest BCUT2D eigenvalue weighted by Gasteiger charge is -2.36. The predicted molar refractivity (Wildman–Crippen MR) is 130 cm³/mol. The van der Waals surface area contributed by atoms with Crippen LogP contribution in [0, 0.1) is 11.7 Å². The van der Waals surface area contributed by atoms with Gasteiger partial charge in [0, 0.05) is 50.1 Å². The van der Waals surface area contributed by atoms with Gasteiger partial charge in [-0.2, -0.15) is 4.98 Å². The molecule has 12 heteroatoms. The molecule has 2 aromatic rings. The maximum Gasteiger partial charge on any atom is 0.407 e. The van der Waals surface area contributed by atoms with E-state index in [0.29, 0.717) is 37.5 Å². The molecule has 1 aromatic carbocycles. The minimum atomic E-state index is -0.931. The second-order valence-corrected chi connectivity index (χ2v) is 9.64. The lowest BCUT2D eigenvalue weighted by molar-refractivity contribution is -0.132. The Morgan fingerprint density at radius 1 is 1.17 bits per heavy atom. The summed E-state index contributed by atoms with van der Waals surface area (Å²) in [6.45, 7) is 1.76. The first kappa shape index (κ1) is 24.1. The zero-order valence-corrected chi connectivity index (χ0v) is 20.4. The van der Waals surface area contributed by atoms with Crippen molar-refractivity contribution in [3.8, 4) is 11.5 Å². The van der Waals surface area contributed by atoms with E-state index in [1.54, 1.807) is 11.0 Å². The van der Waals surface area contributed by atoms with Gasteiger partial charge < -0.3 is 35.0 Å². The summed E-state index contributed by atoms with van der Waals surface area (Å²) in [5, 5.41) is 10.0. The SMILES string of the molecule is COc1cc2c(N)nc(N3CCN(C(=O)C[C@@H]4C[C@@H]5CCC[C@@H]5N4C(=O)O)CC3)nc2c(F)c1OC. The summed E-state index contributed by atoms with van der Waals surface area (Å²) in [6.07, 6.45) is 2.99. The quantitative estimate of drug-likeness (QED) is 0.632. The highest BCUT2D eigenvalue weighted by Crippen LogP contribution is 2.42. The number of piperazine rings is 1. The number of fused-ring (bicyclic) bond motifs is 2. The topological polar surface area (TPSA) is 134 Å². The maximum atomic E-state index is 15.1. The van der Waals surface area contributed by atoms with E-state index in [9.17, 15) is 14.7 Å². The minimum absolute atomic E-state index is 0.0363. The molecule has 2 aliphatic heterocycles. The van der Waals surface area contributed by atoms with Gasteiger partial charge in [-0.3, -0.25) is 4.79 Å². The summed E-state index contributed by atoms with van der Waals surface area (Å²) in [4.78, 5) is 38.8. The van der Waals surface area contributed by atoms with Crippen LogP contribution in [0.4, 0.5) is 21.0 Å². The molecule has 0 bridgehead atoms. The molecule has 2 saturated heterocycles. The average molecular weight is 503 g/mol. The van der Waals surface area contributed by atoms with Crippen LogP contribution in [0.3, 0.4) is 0 Å². The van der Waals surface area contributed by atoms with Crippen LogP contribution in [0.25, 0.3) is 10.9 Å². The van der Waals surface area contributed by atoms with Crippen LogP contribution in [0.1, 0.15) is 32.1 Å². The van der Waals surface area contributed by atoms with Crippen LogP contribution < -0.4 is 20.1 Å². The third-order valence-corrected chi connectivity index (χ3v) is 7.78. The first-order valence-corrected chi connectivity index (χ1v) is 12.2. The zero-order valence-electron chi connectivity index (χ0n) is 20.4. The summed E-state index contributed by atoms with van der Waals surface area (Å²) in [5.41, 5.74) is 6.17. The molecule has 3 heterocycles. The van der Waals surface area contributed by atoms with Crippen molar-refractivity contribution in [1.82, 2.24) is 19.8 Å². The molecule has 5 rings (SSSR count). The number of benzene rings is 1. The van der Waals surface area contributed by atoms with E-state index in [4.69, 9.17) is 15.2 Å². The van der Waals surface area contributed by atoms with E-state index < -0.39 is 11.9 Å². The normalized spacial score (nSPS) is 23.8. The monoisotopic (exact) mass is 502 g/mol. The van der Waals surface area contributed by atoms with Gasteiger partial charge in [0.05, 0.1) is 14.2 Å². The Morgan fingerprint density at radius 2 is 1.92 bits per heavy atom. The van der Waals surface area contributed by atoms with Gasteiger partial charge in [-0.25, -0.2) is 14.2 Å². The molecular formula is C24H31FN6O5. The highest BCUT2D eigenvalue weighted by Gasteiger charge is 2.46. The second kappa shape index (κ2) is 9.47. The van der Waals surface area contributed by atoms with Gasteiger partial charge >= 0.3 is 6.09 Å². The van der Waals surface area contributed by atoms with Gasteiger partial charge in [0.15, 0.2) is 17.3 Å². The Morgan fingerprint density at radius 3 is 2.58 bits per heavy atom. The van der Waals surface area contributed by atoms with Crippen molar-refractivity contribution in [2.24, 2.45) is 5.92 Å². The van der Waals surface area contributed by atoms with E-state index in [2.05, 4.69) is 9.97 Å². The van der Waals surface area contributed by atoms with Gasteiger partial charge in [-0.15, -0.1) is 0 Å². The molecule has 2 amide bonds. The number of carboxylic acid groups (broad SMARTS) is 1. The van der Waals surface area contributed by atoms with Gasteiger partial charge in [0.25, 0.3) is 0 Å². The van der Waals surface area contributed by atoms with Crippen LogP contribution >= 0.6 is 0 Å². The van der Waals surface area contributed by atoms with Crippen LogP contribution in [0.5, 0.6) is 11.5 Å². The lowest BCUT2D eigenvalue weighted by Crippen LogP contribution is -2.51. The number of aromatic nitrogens is 2. The van der Waals surface area contributed by atoms with Crippen LogP contribution in [-0.4, -0.2) is 89.4 Å². The van der Waals surface area contributed by atoms with Crippen LogP contribution in [0.15, 0.2) is 6.07 Å². The highest BCUT2D eigenvalue weighted by molar-refractivity contribution is 5.92. The molecule has 3 N–H and O–H groups in total. The molecule has 194 valence electrons. The number of carbonyl (C=O) groups excluding carboxylic acids is 1. The van der Waals surface area contributed by atoms with Crippen LogP contribution in [0.2, 0.25) is 0 Å². The molecule has 0 spiro atoms. The fourth-order valence-corrected chi connectivity index (χ4v) is 6.04. The molecule has 1 aliphatic carbocycles. The van der Waals surface area contributed by atoms with Crippen molar-refractivity contribution >= 4 is 34.7 Å². The van der Waals surface area contributed by atoms with Gasteiger partial charge in [-0.05, 0) is 31.2 Å².